The van der Waals surface area contributed by atoms with Crippen molar-refractivity contribution in [1.29, 1.82) is 0 Å². The molecule has 2 heterocycles. The second-order valence-corrected chi connectivity index (χ2v) is 7.49. The zero-order chi connectivity index (χ0) is 22.8. The van der Waals surface area contributed by atoms with E-state index in [1.165, 1.54) is 31.5 Å². The van der Waals surface area contributed by atoms with Gasteiger partial charge in [0.15, 0.2) is 6.67 Å². The Morgan fingerprint density at radius 2 is 2.00 bits per heavy atom. The van der Waals surface area contributed by atoms with E-state index in [1.807, 2.05) is 0 Å². The number of nitrogens with one attached hydrogen (secondary N) is 1. The van der Waals surface area contributed by atoms with Gasteiger partial charge in [-0.25, -0.2) is 8.78 Å². The first kappa shape index (κ1) is 22.6. The topological polar surface area (TPSA) is 76.9 Å². The van der Waals surface area contributed by atoms with Crippen LogP contribution in [0.4, 0.5) is 17.6 Å². The summed E-state index contributed by atoms with van der Waals surface area (Å²) in [5.74, 6) is -6.07. The molecule has 3 rings (SSSR count). The number of hydrogen-bond acceptors (Lipinski definition) is 4. The van der Waals surface area contributed by atoms with Crippen LogP contribution in [0.2, 0.25) is 0 Å². The second-order valence-electron chi connectivity index (χ2n) is 6.57. The number of benzene rings is 1. The van der Waals surface area contributed by atoms with Gasteiger partial charge in [0.1, 0.15) is 11.5 Å². The largest absolute Gasteiger partial charge is 0.344 e. The molecule has 0 fully saturated rings. The Morgan fingerprint density at radius 3 is 2.68 bits per heavy atom. The third-order valence-corrected chi connectivity index (χ3v) is 4.81. The first-order valence-electron chi connectivity index (χ1n) is 8.89. The molecular formula is C20H15BrF4N4O2. The maximum absolute atomic E-state index is 14.6. The fourth-order valence-electron chi connectivity index (χ4n) is 2.82. The van der Waals surface area contributed by atoms with Crippen LogP contribution in [0.5, 0.6) is 0 Å². The predicted octanol–water partition coefficient (Wildman–Crippen LogP) is 4.08. The lowest BCUT2D eigenvalue weighted by Gasteiger charge is -2.19. The van der Waals surface area contributed by atoms with Crippen molar-refractivity contribution in [2.24, 2.45) is 0 Å². The Morgan fingerprint density at radius 1 is 1.26 bits per heavy atom. The number of pyridine rings is 1. The average molecular weight is 499 g/mol. The molecule has 0 unspecified atom stereocenters. The highest BCUT2D eigenvalue weighted by molar-refractivity contribution is 9.10. The smallest absolute Gasteiger partial charge is 0.303 e. The summed E-state index contributed by atoms with van der Waals surface area (Å²) in [6.45, 7) is -0.675. The van der Waals surface area contributed by atoms with Crippen molar-refractivity contribution < 1.29 is 22.4 Å². The molecule has 0 aliphatic carbocycles. The number of amides is 1. The standard InChI is InChI=1S/C20H15BrF4N4O2/c1-11(14-3-2-4-15(18(14)23)20(24,25)10-22)27-19(31)16-5-6-17(30)29(28-16)13-7-12(21)8-26-9-13/h2-9,11H,10H2,1H3,(H,27,31)/t11-/m1/s1. The Labute approximate surface area is 182 Å². The molecule has 1 aromatic carbocycles. The van der Waals surface area contributed by atoms with E-state index in [9.17, 15) is 27.2 Å². The number of rotatable bonds is 6. The van der Waals surface area contributed by atoms with E-state index in [4.69, 9.17) is 0 Å². The van der Waals surface area contributed by atoms with Crippen LogP contribution in [0.1, 0.15) is 34.6 Å². The van der Waals surface area contributed by atoms with Crippen LogP contribution in [0, 0.1) is 5.82 Å². The number of nitrogens with zero attached hydrogens (tertiary/aromatic N) is 3. The van der Waals surface area contributed by atoms with E-state index >= 15 is 0 Å². The van der Waals surface area contributed by atoms with Gasteiger partial charge in [0.05, 0.1) is 23.5 Å². The maximum atomic E-state index is 14.6. The Kier molecular flexibility index (Phi) is 6.54. The number of hydrogen-bond donors (Lipinski definition) is 1. The van der Waals surface area contributed by atoms with Gasteiger partial charge in [-0.2, -0.15) is 18.6 Å². The molecule has 1 atom stereocenters. The molecule has 0 bridgehead atoms. The van der Waals surface area contributed by atoms with Crippen LogP contribution in [0.25, 0.3) is 5.69 Å². The zero-order valence-electron chi connectivity index (χ0n) is 16.0. The van der Waals surface area contributed by atoms with Gasteiger partial charge in [0.25, 0.3) is 11.5 Å². The minimum atomic E-state index is -3.99. The third kappa shape index (κ3) is 4.82. The van der Waals surface area contributed by atoms with Crippen LogP contribution < -0.4 is 10.9 Å². The fraction of sp³-hybridized carbons (Fsp3) is 0.200. The van der Waals surface area contributed by atoms with Gasteiger partial charge in [-0.15, -0.1) is 0 Å². The summed E-state index contributed by atoms with van der Waals surface area (Å²) >= 11 is 3.22. The van der Waals surface area contributed by atoms with Crippen LogP contribution in [0.3, 0.4) is 0 Å². The van der Waals surface area contributed by atoms with Gasteiger partial charge in [-0.05, 0) is 41.1 Å². The second kappa shape index (κ2) is 8.96. The molecule has 0 radical (unpaired) electrons. The number of halogens is 5. The summed E-state index contributed by atoms with van der Waals surface area (Å²) in [4.78, 5) is 28.7. The van der Waals surface area contributed by atoms with E-state index < -0.39 is 41.5 Å². The van der Waals surface area contributed by atoms with E-state index in [-0.39, 0.29) is 11.3 Å². The van der Waals surface area contributed by atoms with Gasteiger partial charge < -0.3 is 5.32 Å². The molecule has 6 nitrogen and oxygen atoms in total. The Balaban J connectivity index is 1.88. The van der Waals surface area contributed by atoms with Crippen LogP contribution in [0.15, 0.2) is 58.1 Å². The summed E-state index contributed by atoms with van der Waals surface area (Å²) in [5, 5.41) is 6.43. The lowest BCUT2D eigenvalue weighted by Crippen LogP contribution is -2.31. The highest BCUT2D eigenvalue weighted by Crippen LogP contribution is 2.33. The Hall–Kier alpha value is -3.08. The SMILES string of the molecule is C[C@@H](NC(=O)c1ccc(=O)n(-c2cncc(Br)c2)n1)c1cccc(C(F)(F)CF)c1F. The summed E-state index contributed by atoms with van der Waals surface area (Å²) < 4.78 is 56.0. The van der Waals surface area contributed by atoms with E-state index in [0.717, 1.165) is 22.9 Å². The molecule has 0 aliphatic heterocycles. The minimum Gasteiger partial charge on any atom is -0.344 e. The van der Waals surface area contributed by atoms with Crippen molar-refractivity contribution in [3.05, 3.63) is 86.3 Å². The van der Waals surface area contributed by atoms with Crippen molar-refractivity contribution in [3.8, 4) is 5.69 Å². The molecule has 0 saturated carbocycles. The fourth-order valence-corrected chi connectivity index (χ4v) is 3.17. The summed E-state index contributed by atoms with van der Waals surface area (Å²) in [7, 11) is 0. The highest BCUT2D eigenvalue weighted by Gasteiger charge is 2.36. The number of alkyl halides is 3. The highest BCUT2D eigenvalue weighted by atomic mass is 79.9. The summed E-state index contributed by atoms with van der Waals surface area (Å²) in [6.07, 6.45) is 2.87. The van der Waals surface area contributed by atoms with Gasteiger partial charge in [0.2, 0.25) is 0 Å². The van der Waals surface area contributed by atoms with E-state index in [1.54, 1.807) is 6.07 Å². The molecule has 11 heteroatoms. The zero-order valence-corrected chi connectivity index (χ0v) is 17.5. The molecule has 2 aromatic heterocycles. The van der Waals surface area contributed by atoms with Gasteiger partial charge in [-0.3, -0.25) is 14.6 Å². The molecule has 0 spiro atoms. The molecule has 1 amide bonds. The predicted molar refractivity (Wildman–Crippen MR) is 107 cm³/mol. The van der Waals surface area contributed by atoms with Gasteiger partial charge >= 0.3 is 5.92 Å². The number of aromatic nitrogens is 3. The molecule has 1 N–H and O–H groups in total. The van der Waals surface area contributed by atoms with Crippen LogP contribution in [-0.2, 0) is 5.92 Å². The quantitative estimate of drug-likeness (QED) is 0.519. The van der Waals surface area contributed by atoms with E-state index in [0.29, 0.717) is 10.2 Å². The molecule has 162 valence electrons. The van der Waals surface area contributed by atoms with Crippen molar-refractivity contribution in [3.63, 3.8) is 0 Å². The van der Waals surface area contributed by atoms with Crippen molar-refractivity contribution >= 4 is 21.8 Å². The monoisotopic (exact) mass is 498 g/mol. The summed E-state index contributed by atoms with van der Waals surface area (Å²) in [5.41, 5.74) is -1.73. The normalized spacial score (nSPS) is 12.5. The lowest BCUT2D eigenvalue weighted by atomic mass is 10.0. The number of carbonyl (C=O) groups is 1. The number of carbonyl (C=O) groups excluding carboxylic acids is 1. The van der Waals surface area contributed by atoms with Gasteiger partial charge in [0, 0.05) is 22.3 Å². The first-order chi connectivity index (χ1) is 14.6. The molecule has 0 saturated heterocycles. The third-order valence-electron chi connectivity index (χ3n) is 4.37. The molecule has 31 heavy (non-hydrogen) atoms. The van der Waals surface area contributed by atoms with E-state index in [2.05, 4.69) is 31.3 Å². The van der Waals surface area contributed by atoms with Crippen molar-refractivity contribution in [1.82, 2.24) is 20.1 Å². The summed E-state index contributed by atoms with van der Waals surface area (Å²) in [6, 6.07) is 5.97. The Bertz CT molecular complexity index is 1190. The molecular weight excluding hydrogens is 484 g/mol. The minimum absolute atomic E-state index is 0.169. The van der Waals surface area contributed by atoms with Crippen molar-refractivity contribution in [2.45, 2.75) is 18.9 Å². The van der Waals surface area contributed by atoms with Gasteiger partial charge in [-0.1, -0.05) is 12.1 Å². The lowest BCUT2D eigenvalue weighted by molar-refractivity contribution is -0.0313. The first-order valence-corrected chi connectivity index (χ1v) is 9.68. The van der Waals surface area contributed by atoms with Crippen LogP contribution in [-0.4, -0.2) is 27.3 Å². The molecule has 0 aliphatic rings. The average Bonchev–Trinajstić information content (AvgIpc) is 2.73. The van der Waals surface area contributed by atoms with Crippen molar-refractivity contribution in [2.75, 3.05) is 6.67 Å². The maximum Gasteiger partial charge on any atom is 0.303 e. The van der Waals surface area contributed by atoms with Crippen LogP contribution >= 0.6 is 15.9 Å². The molecule has 3 aromatic rings.